The van der Waals surface area contributed by atoms with Crippen LogP contribution >= 0.6 is 15.9 Å². The predicted octanol–water partition coefficient (Wildman–Crippen LogP) is 3.80. The van der Waals surface area contributed by atoms with Crippen LogP contribution < -0.4 is 0 Å². The van der Waals surface area contributed by atoms with Crippen LogP contribution in [0.5, 0.6) is 0 Å². The molecule has 5 heteroatoms. The Morgan fingerprint density at radius 1 is 1.23 bits per heavy atom. The van der Waals surface area contributed by atoms with Gasteiger partial charge in [-0.15, -0.1) is 0 Å². The molecule has 1 unspecified atom stereocenters. The first-order chi connectivity index (χ1) is 10.6. The van der Waals surface area contributed by atoms with Gasteiger partial charge in [0.15, 0.2) is 0 Å². The predicted molar refractivity (Wildman–Crippen MR) is 85.1 cm³/mol. The van der Waals surface area contributed by atoms with Crippen molar-refractivity contribution in [3.05, 3.63) is 69.9 Å². The maximum absolute atomic E-state index is 13.0. The summed E-state index contributed by atoms with van der Waals surface area (Å²) >= 11 is 3.38. The number of benzene rings is 2. The lowest BCUT2D eigenvalue weighted by atomic mass is 10.1. The summed E-state index contributed by atoms with van der Waals surface area (Å²) in [5.74, 6) is -0.293. The lowest BCUT2D eigenvalue weighted by Crippen LogP contribution is -2.42. The Morgan fingerprint density at radius 2 is 2.00 bits per heavy atom. The fraction of sp³-hybridized carbons (Fsp3) is 0.235. The van der Waals surface area contributed by atoms with Gasteiger partial charge >= 0.3 is 0 Å². The molecule has 1 aliphatic heterocycles. The van der Waals surface area contributed by atoms with Crippen molar-refractivity contribution in [1.29, 1.82) is 0 Å². The molecular weight excluding hydrogens is 349 g/mol. The maximum atomic E-state index is 13.0. The van der Waals surface area contributed by atoms with Crippen LogP contribution in [0.2, 0.25) is 0 Å². The molecule has 0 aromatic heterocycles. The fourth-order valence-electron chi connectivity index (χ4n) is 2.52. The zero-order valence-corrected chi connectivity index (χ0v) is 13.4. The van der Waals surface area contributed by atoms with E-state index in [0.717, 1.165) is 10.0 Å². The zero-order valence-electron chi connectivity index (χ0n) is 11.8. The molecule has 0 N–H and O–H groups in total. The summed E-state index contributed by atoms with van der Waals surface area (Å²) in [6, 6.07) is 13.6. The number of hydrogen-bond donors (Lipinski definition) is 0. The Balaban J connectivity index is 1.75. The molecule has 3 nitrogen and oxygen atoms in total. The van der Waals surface area contributed by atoms with E-state index in [4.69, 9.17) is 4.74 Å². The Kier molecular flexibility index (Phi) is 4.55. The Bertz CT molecular complexity index is 675. The van der Waals surface area contributed by atoms with Gasteiger partial charge in [0.1, 0.15) is 11.9 Å². The van der Waals surface area contributed by atoms with Crippen molar-refractivity contribution in [1.82, 2.24) is 4.90 Å². The van der Waals surface area contributed by atoms with Crippen molar-refractivity contribution >= 4 is 21.8 Å². The Morgan fingerprint density at radius 3 is 2.73 bits per heavy atom. The lowest BCUT2D eigenvalue weighted by molar-refractivity contribution is -0.0228. The van der Waals surface area contributed by atoms with Gasteiger partial charge in [-0.1, -0.05) is 34.1 Å². The average molecular weight is 364 g/mol. The molecule has 0 saturated carbocycles. The van der Waals surface area contributed by atoms with E-state index in [2.05, 4.69) is 15.9 Å². The van der Waals surface area contributed by atoms with Gasteiger partial charge in [0.25, 0.3) is 5.91 Å². The van der Waals surface area contributed by atoms with Crippen molar-refractivity contribution in [3.8, 4) is 0 Å². The Labute approximate surface area is 136 Å². The summed E-state index contributed by atoms with van der Waals surface area (Å²) in [5.41, 5.74) is 1.53. The summed E-state index contributed by atoms with van der Waals surface area (Å²) in [7, 11) is 0. The average Bonchev–Trinajstić information content (AvgIpc) is 2.55. The highest BCUT2D eigenvalue weighted by atomic mass is 79.9. The summed E-state index contributed by atoms with van der Waals surface area (Å²) in [6.45, 7) is 1.50. The monoisotopic (exact) mass is 363 g/mol. The maximum Gasteiger partial charge on any atom is 0.254 e. The Hall–Kier alpha value is -1.72. The van der Waals surface area contributed by atoms with Gasteiger partial charge in [-0.3, -0.25) is 4.79 Å². The molecule has 2 aromatic rings. The molecule has 1 saturated heterocycles. The molecule has 0 bridgehead atoms. The van der Waals surface area contributed by atoms with E-state index in [9.17, 15) is 9.18 Å². The van der Waals surface area contributed by atoms with Crippen molar-refractivity contribution in [2.45, 2.75) is 6.10 Å². The van der Waals surface area contributed by atoms with Crippen LogP contribution in [0.3, 0.4) is 0 Å². The lowest BCUT2D eigenvalue weighted by Gasteiger charge is -2.33. The van der Waals surface area contributed by atoms with Crippen LogP contribution in [-0.2, 0) is 4.74 Å². The highest BCUT2D eigenvalue weighted by Crippen LogP contribution is 2.24. The molecule has 114 valence electrons. The molecule has 1 atom stereocenters. The molecule has 2 aromatic carbocycles. The third-order valence-corrected chi connectivity index (χ3v) is 4.16. The van der Waals surface area contributed by atoms with Gasteiger partial charge < -0.3 is 9.64 Å². The number of nitrogens with zero attached hydrogens (tertiary/aromatic N) is 1. The third kappa shape index (κ3) is 3.36. The number of carbonyl (C=O) groups excluding carboxylic acids is 1. The standard InChI is InChI=1S/C17H15BrFNO2/c18-14-3-1-2-13(10-14)17(21)20-8-9-22-16(11-20)12-4-6-15(19)7-5-12/h1-7,10,16H,8-9,11H2. The number of rotatable bonds is 2. The first-order valence-electron chi connectivity index (χ1n) is 7.05. The number of morpholine rings is 1. The molecule has 1 aliphatic rings. The summed E-state index contributed by atoms with van der Waals surface area (Å²) in [6.07, 6.45) is -0.217. The highest BCUT2D eigenvalue weighted by molar-refractivity contribution is 9.10. The van der Waals surface area contributed by atoms with Crippen molar-refractivity contribution in [3.63, 3.8) is 0 Å². The third-order valence-electron chi connectivity index (χ3n) is 3.67. The highest BCUT2D eigenvalue weighted by Gasteiger charge is 2.26. The van der Waals surface area contributed by atoms with Gasteiger partial charge in [0.2, 0.25) is 0 Å². The molecular formula is C17H15BrFNO2. The number of carbonyl (C=O) groups is 1. The quantitative estimate of drug-likeness (QED) is 0.811. The van der Waals surface area contributed by atoms with Gasteiger partial charge in [0, 0.05) is 16.6 Å². The van der Waals surface area contributed by atoms with Crippen LogP contribution in [0.25, 0.3) is 0 Å². The normalized spacial score (nSPS) is 18.3. The minimum Gasteiger partial charge on any atom is -0.370 e. The largest absolute Gasteiger partial charge is 0.370 e. The zero-order chi connectivity index (χ0) is 15.5. The van der Waals surface area contributed by atoms with E-state index < -0.39 is 0 Å². The molecule has 1 heterocycles. The van der Waals surface area contributed by atoms with Gasteiger partial charge in [-0.25, -0.2) is 4.39 Å². The van der Waals surface area contributed by atoms with E-state index >= 15 is 0 Å². The van der Waals surface area contributed by atoms with Gasteiger partial charge in [-0.05, 0) is 35.9 Å². The molecule has 0 radical (unpaired) electrons. The van der Waals surface area contributed by atoms with E-state index in [0.29, 0.717) is 25.3 Å². The molecule has 1 fully saturated rings. The topological polar surface area (TPSA) is 29.5 Å². The van der Waals surface area contributed by atoms with Gasteiger partial charge in [0.05, 0.1) is 13.2 Å². The van der Waals surface area contributed by atoms with Crippen molar-refractivity contribution < 1.29 is 13.9 Å². The van der Waals surface area contributed by atoms with Crippen molar-refractivity contribution in [2.75, 3.05) is 19.7 Å². The van der Waals surface area contributed by atoms with Crippen molar-refractivity contribution in [2.24, 2.45) is 0 Å². The fourth-order valence-corrected chi connectivity index (χ4v) is 2.92. The van der Waals surface area contributed by atoms with E-state index in [1.807, 2.05) is 18.2 Å². The van der Waals surface area contributed by atoms with E-state index in [-0.39, 0.29) is 17.8 Å². The number of amides is 1. The number of halogens is 2. The molecule has 3 rings (SSSR count). The smallest absolute Gasteiger partial charge is 0.254 e. The first kappa shape index (κ1) is 15.2. The minimum absolute atomic E-state index is 0.0169. The van der Waals surface area contributed by atoms with Crippen LogP contribution in [0, 0.1) is 5.82 Å². The summed E-state index contributed by atoms with van der Waals surface area (Å²) < 4.78 is 19.6. The minimum atomic E-state index is -0.276. The SMILES string of the molecule is O=C(c1cccc(Br)c1)N1CCOC(c2ccc(F)cc2)C1. The molecule has 0 aliphatic carbocycles. The van der Waals surface area contributed by atoms with E-state index in [1.165, 1.54) is 12.1 Å². The number of ether oxygens (including phenoxy) is 1. The summed E-state index contributed by atoms with van der Waals surface area (Å²) in [5, 5.41) is 0. The second-order valence-electron chi connectivity index (χ2n) is 5.17. The molecule has 22 heavy (non-hydrogen) atoms. The second kappa shape index (κ2) is 6.58. The second-order valence-corrected chi connectivity index (χ2v) is 6.09. The van der Waals surface area contributed by atoms with Crippen LogP contribution in [-0.4, -0.2) is 30.5 Å². The van der Waals surface area contributed by atoms with Gasteiger partial charge in [-0.2, -0.15) is 0 Å². The van der Waals surface area contributed by atoms with Crippen LogP contribution in [0.1, 0.15) is 22.0 Å². The van der Waals surface area contributed by atoms with Crippen LogP contribution in [0.15, 0.2) is 53.0 Å². The summed E-state index contributed by atoms with van der Waals surface area (Å²) in [4.78, 5) is 14.3. The molecule has 0 spiro atoms. The number of hydrogen-bond acceptors (Lipinski definition) is 2. The molecule has 1 amide bonds. The van der Waals surface area contributed by atoms with E-state index in [1.54, 1.807) is 23.1 Å². The first-order valence-corrected chi connectivity index (χ1v) is 7.85. The van der Waals surface area contributed by atoms with Crippen LogP contribution in [0.4, 0.5) is 4.39 Å².